The Bertz CT molecular complexity index is 709. The van der Waals surface area contributed by atoms with Crippen LogP contribution >= 0.6 is 27.5 Å². The Labute approximate surface area is 134 Å². The molecule has 1 aromatic carbocycles. The number of aromatic nitrogens is 1. The van der Waals surface area contributed by atoms with Crippen molar-refractivity contribution in [2.75, 3.05) is 12.4 Å². The normalized spacial score (nSPS) is 10.3. The summed E-state index contributed by atoms with van der Waals surface area (Å²) < 4.78 is 5.75. The third-order valence-electron chi connectivity index (χ3n) is 2.76. The van der Waals surface area contributed by atoms with Gasteiger partial charge in [0.2, 0.25) is 5.82 Å². The van der Waals surface area contributed by atoms with E-state index >= 15 is 0 Å². The fourth-order valence-electron chi connectivity index (χ4n) is 1.72. The molecule has 2 rings (SSSR count). The first-order valence-corrected chi connectivity index (χ1v) is 7.00. The molecule has 0 aliphatic heterocycles. The Morgan fingerprint density at radius 3 is 2.76 bits per heavy atom. The van der Waals surface area contributed by atoms with Crippen molar-refractivity contribution in [1.82, 2.24) is 4.98 Å². The largest absolute Gasteiger partial charge is 0.495 e. The Kier molecular flexibility index (Phi) is 4.64. The summed E-state index contributed by atoms with van der Waals surface area (Å²) in [5, 5.41) is 14.6. The molecule has 1 aromatic heterocycles. The molecular weight excluding hydrogens is 362 g/mol. The van der Waals surface area contributed by atoms with Crippen LogP contribution in [0.15, 0.2) is 28.9 Å². The number of anilines is 2. The summed E-state index contributed by atoms with van der Waals surface area (Å²) >= 11 is 9.19. The van der Waals surface area contributed by atoms with Crippen molar-refractivity contribution < 1.29 is 9.66 Å². The van der Waals surface area contributed by atoms with Crippen molar-refractivity contribution in [3.63, 3.8) is 0 Å². The number of nitrogens with zero attached hydrogens (tertiary/aromatic N) is 2. The van der Waals surface area contributed by atoms with Crippen LogP contribution in [0.1, 0.15) is 5.56 Å². The number of pyridine rings is 1. The van der Waals surface area contributed by atoms with Crippen LogP contribution in [0.3, 0.4) is 0 Å². The molecule has 0 bridgehead atoms. The molecule has 0 saturated carbocycles. The van der Waals surface area contributed by atoms with Gasteiger partial charge >= 0.3 is 5.69 Å². The molecule has 6 nitrogen and oxygen atoms in total. The SMILES string of the molecule is COc1cc(Cl)c(C)cc1Nc1ncc(Br)cc1[N+](=O)[O-]. The maximum atomic E-state index is 11.1. The molecule has 110 valence electrons. The number of rotatable bonds is 4. The van der Waals surface area contributed by atoms with Crippen molar-refractivity contribution in [2.24, 2.45) is 0 Å². The quantitative estimate of drug-likeness (QED) is 0.633. The predicted molar refractivity (Wildman–Crippen MR) is 84.6 cm³/mol. The molecule has 0 saturated heterocycles. The highest BCUT2D eigenvalue weighted by molar-refractivity contribution is 9.10. The minimum absolute atomic E-state index is 0.128. The highest BCUT2D eigenvalue weighted by atomic mass is 79.9. The van der Waals surface area contributed by atoms with E-state index in [4.69, 9.17) is 16.3 Å². The van der Waals surface area contributed by atoms with E-state index in [1.807, 2.05) is 6.92 Å². The van der Waals surface area contributed by atoms with Crippen LogP contribution in [0.4, 0.5) is 17.2 Å². The van der Waals surface area contributed by atoms with Crippen molar-refractivity contribution in [1.29, 1.82) is 0 Å². The Hall–Kier alpha value is -1.86. The molecule has 8 heteroatoms. The van der Waals surface area contributed by atoms with Crippen LogP contribution in [-0.4, -0.2) is 17.0 Å². The number of nitro groups is 1. The second-order valence-corrected chi connectivity index (χ2v) is 5.53. The highest BCUT2D eigenvalue weighted by Gasteiger charge is 2.18. The first-order valence-electron chi connectivity index (χ1n) is 5.83. The summed E-state index contributed by atoms with van der Waals surface area (Å²) in [6, 6.07) is 4.77. The van der Waals surface area contributed by atoms with Gasteiger partial charge in [-0.2, -0.15) is 0 Å². The number of aryl methyl sites for hydroxylation is 1. The number of halogens is 2. The summed E-state index contributed by atoms with van der Waals surface area (Å²) in [7, 11) is 1.50. The lowest BCUT2D eigenvalue weighted by molar-refractivity contribution is -0.384. The van der Waals surface area contributed by atoms with E-state index in [1.165, 1.54) is 19.4 Å². The smallest absolute Gasteiger partial charge is 0.312 e. The third kappa shape index (κ3) is 3.43. The minimum atomic E-state index is -0.505. The van der Waals surface area contributed by atoms with E-state index < -0.39 is 4.92 Å². The molecule has 0 atom stereocenters. The maximum Gasteiger partial charge on any atom is 0.312 e. The number of hydrogen-bond acceptors (Lipinski definition) is 5. The zero-order valence-corrected chi connectivity index (χ0v) is 13.5. The highest BCUT2D eigenvalue weighted by Crippen LogP contribution is 2.35. The van der Waals surface area contributed by atoms with E-state index in [2.05, 4.69) is 26.2 Å². The summed E-state index contributed by atoms with van der Waals surface area (Å²) in [5.74, 6) is 0.604. The Morgan fingerprint density at radius 2 is 2.14 bits per heavy atom. The second kappa shape index (κ2) is 6.28. The Morgan fingerprint density at radius 1 is 1.43 bits per heavy atom. The number of methoxy groups -OCH3 is 1. The van der Waals surface area contributed by atoms with E-state index in [9.17, 15) is 10.1 Å². The van der Waals surface area contributed by atoms with Gasteiger partial charge in [-0.05, 0) is 34.5 Å². The summed E-state index contributed by atoms with van der Waals surface area (Å²) in [6.07, 6.45) is 1.48. The molecule has 0 aliphatic carbocycles. The van der Waals surface area contributed by atoms with Crippen LogP contribution in [0.2, 0.25) is 5.02 Å². The third-order valence-corrected chi connectivity index (χ3v) is 3.61. The van der Waals surface area contributed by atoms with Gasteiger partial charge in [-0.1, -0.05) is 11.6 Å². The summed E-state index contributed by atoms with van der Waals surface area (Å²) in [5.41, 5.74) is 1.23. The van der Waals surface area contributed by atoms with Gasteiger partial charge < -0.3 is 10.1 Å². The van der Waals surface area contributed by atoms with Gasteiger partial charge in [0.25, 0.3) is 0 Å². The Balaban J connectivity index is 2.47. The van der Waals surface area contributed by atoms with Crippen LogP contribution in [0, 0.1) is 17.0 Å². The van der Waals surface area contributed by atoms with Gasteiger partial charge in [0.1, 0.15) is 5.75 Å². The molecule has 0 amide bonds. The monoisotopic (exact) mass is 371 g/mol. The lowest BCUT2D eigenvalue weighted by atomic mass is 10.2. The van der Waals surface area contributed by atoms with E-state index in [0.717, 1.165) is 5.56 Å². The van der Waals surface area contributed by atoms with E-state index in [0.29, 0.717) is 20.9 Å². The standard InChI is InChI=1S/C13H11BrClN3O3/c1-7-3-10(12(21-2)5-9(7)15)17-13-11(18(19)20)4-8(14)6-16-13/h3-6H,1-2H3,(H,16,17). The first kappa shape index (κ1) is 15.5. The van der Waals surface area contributed by atoms with Crippen molar-refractivity contribution in [3.8, 4) is 5.75 Å². The molecule has 21 heavy (non-hydrogen) atoms. The second-order valence-electron chi connectivity index (χ2n) is 4.21. The van der Waals surface area contributed by atoms with Gasteiger partial charge in [-0.15, -0.1) is 0 Å². The zero-order valence-electron chi connectivity index (χ0n) is 11.2. The number of ether oxygens (including phenoxy) is 1. The van der Waals surface area contributed by atoms with Gasteiger partial charge in [-0.25, -0.2) is 4.98 Å². The molecule has 2 aromatic rings. The molecule has 0 fully saturated rings. The average Bonchev–Trinajstić information content (AvgIpc) is 2.44. The van der Waals surface area contributed by atoms with Gasteiger partial charge in [0, 0.05) is 27.8 Å². The molecule has 0 unspecified atom stereocenters. The zero-order chi connectivity index (χ0) is 15.6. The molecule has 1 N–H and O–H groups in total. The molecule has 1 heterocycles. The molecule has 0 aliphatic rings. The van der Waals surface area contributed by atoms with Gasteiger partial charge in [-0.3, -0.25) is 10.1 Å². The van der Waals surface area contributed by atoms with Gasteiger partial charge in [0.15, 0.2) is 0 Å². The maximum absolute atomic E-state index is 11.1. The fraction of sp³-hybridized carbons (Fsp3) is 0.154. The minimum Gasteiger partial charge on any atom is -0.495 e. The van der Waals surface area contributed by atoms with Crippen LogP contribution in [0.5, 0.6) is 5.75 Å². The predicted octanol–water partition coefficient (Wildman–Crippen LogP) is 4.47. The number of benzene rings is 1. The van der Waals surface area contributed by atoms with Crippen LogP contribution in [-0.2, 0) is 0 Å². The topological polar surface area (TPSA) is 77.3 Å². The van der Waals surface area contributed by atoms with E-state index in [1.54, 1.807) is 12.1 Å². The fourth-order valence-corrected chi connectivity index (χ4v) is 2.19. The molecular formula is C13H11BrClN3O3. The average molecular weight is 373 g/mol. The van der Waals surface area contributed by atoms with E-state index in [-0.39, 0.29) is 11.5 Å². The van der Waals surface area contributed by atoms with Gasteiger partial charge in [0.05, 0.1) is 17.7 Å². The van der Waals surface area contributed by atoms with Crippen molar-refractivity contribution in [3.05, 3.63) is 49.6 Å². The lowest BCUT2D eigenvalue weighted by Gasteiger charge is -2.12. The summed E-state index contributed by atoms with van der Waals surface area (Å²) in [4.78, 5) is 14.6. The number of nitrogens with one attached hydrogen (secondary N) is 1. The molecule has 0 spiro atoms. The molecule has 0 radical (unpaired) electrons. The summed E-state index contributed by atoms with van der Waals surface area (Å²) in [6.45, 7) is 1.83. The van der Waals surface area contributed by atoms with Crippen molar-refractivity contribution >= 4 is 44.7 Å². The lowest BCUT2D eigenvalue weighted by Crippen LogP contribution is -2.01. The van der Waals surface area contributed by atoms with Crippen LogP contribution < -0.4 is 10.1 Å². The van der Waals surface area contributed by atoms with Crippen molar-refractivity contribution in [2.45, 2.75) is 6.92 Å². The van der Waals surface area contributed by atoms with Crippen LogP contribution in [0.25, 0.3) is 0 Å². The first-order chi connectivity index (χ1) is 9.92. The number of hydrogen-bond donors (Lipinski definition) is 1.